The number of fused-ring (bicyclic) bond motifs is 3. The van der Waals surface area contributed by atoms with Crippen molar-refractivity contribution in [1.82, 2.24) is 30.7 Å². The number of aromatic amines is 1. The van der Waals surface area contributed by atoms with Crippen molar-refractivity contribution in [3.8, 4) is 22.4 Å². The lowest BCUT2D eigenvalue weighted by Gasteiger charge is -2.46. The maximum atomic E-state index is 10.2. The second-order valence-electron chi connectivity index (χ2n) is 9.04. The van der Waals surface area contributed by atoms with E-state index in [1.165, 1.54) is 16.2 Å². The van der Waals surface area contributed by atoms with Crippen molar-refractivity contribution >= 4 is 27.4 Å². The van der Waals surface area contributed by atoms with Crippen molar-refractivity contribution < 1.29 is 15.3 Å². The SMILES string of the molecule is OC(O)(O)N(c1ccc(-c2ccc(-c3cn[nH]c3)c3ncsc23)nn1)C1CC2CCCC(C1)N2. The minimum atomic E-state index is -3.02. The van der Waals surface area contributed by atoms with E-state index in [4.69, 9.17) is 0 Å². The molecule has 0 spiro atoms. The summed E-state index contributed by atoms with van der Waals surface area (Å²) in [5, 5.41) is 49.7. The number of hydrogen-bond acceptors (Lipinski definition) is 10. The number of H-pyrrole nitrogens is 1. The van der Waals surface area contributed by atoms with E-state index in [9.17, 15) is 15.3 Å². The van der Waals surface area contributed by atoms with Crippen molar-refractivity contribution in [2.24, 2.45) is 0 Å². The van der Waals surface area contributed by atoms with Gasteiger partial charge in [-0.15, -0.1) is 21.5 Å². The largest absolute Gasteiger partial charge is 0.371 e. The van der Waals surface area contributed by atoms with Crippen molar-refractivity contribution in [1.29, 1.82) is 0 Å². The molecule has 2 saturated heterocycles. The van der Waals surface area contributed by atoms with Gasteiger partial charge >= 0.3 is 6.10 Å². The molecule has 11 heteroatoms. The average Bonchev–Trinajstić information content (AvgIpc) is 3.51. The molecule has 5 heterocycles. The summed E-state index contributed by atoms with van der Waals surface area (Å²) >= 11 is 1.52. The van der Waals surface area contributed by atoms with Crippen molar-refractivity contribution in [3.05, 3.63) is 42.2 Å². The predicted octanol–water partition coefficient (Wildman–Crippen LogP) is 2.21. The highest BCUT2D eigenvalue weighted by atomic mass is 32.1. The first-order valence-electron chi connectivity index (χ1n) is 11.4. The van der Waals surface area contributed by atoms with Gasteiger partial charge in [0.1, 0.15) is 0 Å². The van der Waals surface area contributed by atoms with Crippen LogP contribution >= 0.6 is 11.3 Å². The van der Waals surface area contributed by atoms with E-state index >= 15 is 0 Å². The molecule has 0 saturated carbocycles. The molecule has 2 unspecified atom stereocenters. The lowest BCUT2D eigenvalue weighted by molar-refractivity contribution is -0.314. The van der Waals surface area contributed by atoms with Gasteiger partial charge in [0.25, 0.3) is 0 Å². The molecular weight excluding hydrogens is 454 g/mol. The van der Waals surface area contributed by atoms with Crippen LogP contribution in [0.15, 0.2) is 42.2 Å². The number of aromatic nitrogens is 5. The molecule has 4 aromatic rings. The van der Waals surface area contributed by atoms with Crippen LogP contribution in [-0.4, -0.2) is 64.9 Å². The number of aliphatic hydroxyl groups is 3. The van der Waals surface area contributed by atoms with Crippen LogP contribution in [0.25, 0.3) is 32.6 Å². The van der Waals surface area contributed by atoms with Gasteiger partial charge in [-0.3, -0.25) is 10.00 Å². The highest BCUT2D eigenvalue weighted by Crippen LogP contribution is 2.37. The van der Waals surface area contributed by atoms with Crippen LogP contribution in [0.2, 0.25) is 0 Å². The molecule has 2 bridgehead atoms. The molecule has 34 heavy (non-hydrogen) atoms. The first-order chi connectivity index (χ1) is 16.5. The molecule has 0 aliphatic carbocycles. The van der Waals surface area contributed by atoms with Crippen LogP contribution < -0.4 is 10.2 Å². The summed E-state index contributed by atoms with van der Waals surface area (Å²) in [5.74, 6) is 0.219. The molecule has 6 rings (SSSR count). The molecule has 5 N–H and O–H groups in total. The van der Waals surface area contributed by atoms with Gasteiger partial charge in [-0.1, -0.05) is 18.6 Å². The maximum Gasteiger partial charge on any atom is 0.371 e. The van der Waals surface area contributed by atoms with E-state index < -0.39 is 6.10 Å². The van der Waals surface area contributed by atoms with Crippen LogP contribution in [0.3, 0.4) is 0 Å². The first kappa shape index (κ1) is 21.6. The monoisotopic (exact) mass is 479 g/mol. The standard InChI is InChI=1S/C23H25N7O3S/c31-23(32,33)30(16-8-14-2-1-3-15(9-16)27-14)20-7-6-19(28-29-20)18-5-4-17(13-10-25-26-11-13)21-22(18)34-12-24-21/h4-7,10-12,14-16,27,31-33H,1-3,8-9H2,(H,25,26). The van der Waals surface area contributed by atoms with Gasteiger partial charge in [0.15, 0.2) is 5.82 Å². The Morgan fingerprint density at radius 2 is 1.79 bits per heavy atom. The van der Waals surface area contributed by atoms with E-state index in [0.29, 0.717) is 30.6 Å². The number of benzene rings is 1. The molecule has 2 fully saturated rings. The minimum absolute atomic E-state index is 0.219. The number of hydrogen-bond donors (Lipinski definition) is 5. The van der Waals surface area contributed by atoms with Gasteiger partial charge in [0.2, 0.25) is 0 Å². The Labute approximate surface area is 199 Å². The van der Waals surface area contributed by atoms with Crippen molar-refractivity contribution in [3.63, 3.8) is 0 Å². The van der Waals surface area contributed by atoms with Gasteiger partial charge in [-0.25, -0.2) is 4.98 Å². The number of thiazole rings is 1. The smallest absolute Gasteiger partial charge is 0.325 e. The van der Waals surface area contributed by atoms with E-state index in [-0.39, 0.29) is 11.9 Å². The van der Waals surface area contributed by atoms with Crippen molar-refractivity contribution in [2.75, 3.05) is 4.90 Å². The fourth-order valence-electron chi connectivity index (χ4n) is 5.41. The third-order valence-corrected chi connectivity index (χ3v) is 7.70. The Morgan fingerprint density at radius 3 is 2.47 bits per heavy atom. The van der Waals surface area contributed by atoms with Crippen LogP contribution in [0.1, 0.15) is 32.1 Å². The zero-order valence-electron chi connectivity index (χ0n) is 18.3. The summed E-state index contributed by atoms with van der Waals surface area (Å²) in [6.45, 7) is 0. The molecule has 2 atom stereocenters. The van der Waals surface area contributed by atoms with Gasteiger partial charge in [-0.05, 0) is 37.8 Å². The highest BCUT2D eigenvalue weighted by Gasteiger charge is 2.42. The molecule has 2 aliphatic heterocycles. The summed E-state index contributed by atoms with van der Waals surface area (Å²) < 4.78 is 0.976. The zero-order valence-corrected chi connectivity index (χ0v) is 19.1. The molecule has 3 aromatic heterocycles. The fourth-order valence-corrected chi connectivity index (χ4v) is 6.25. The lowest BCUT2D eigenvalue weighted by atomic mass is 9.83. The van der Waals surface area contributed by atoms with E-state index in [2.05, 4.69) is 30.7 Å². The second kappa shape index (κ2) is 8.36. The highest BCUT2D eigenvalue weighted by molar-refractivity contribution is 7.17. The fraction of sp³-hybridized carbons (Fsp3) is 0.391. The number of nitrogens with one attached hydrogen (secondary N) is 2. The average molecular weight is 480 g/mol. The Balaban J connectivity index is 1.33. The zero-order chi connectivity index (χ0) is 23.3. The summed E-state index contributed by atoms with van der Waals surface area (Å²) in [7, 11) is 0. The lowest BCUT2D eigenvalue weighted by Crippen LogP contribution is -2.61. The molecule has 1 aromatic carbocycles. The summed E-state index contributed by atoms with van der Waals surface area (Å²) in [5.41, 5.74) is 6.11. The number of piperidine rings is 2. The number of anilines is 1. The Morgan fingerprint density at radius 1 is 1.00 bits per heavy atom. The predicted molar refractivity (Wildman–Crippen MR) is 128 cm³/mol. The number of rotatable bonds is 5. The quantitative estimate of drug-likeness (QED) is 0.272. The number of nitrogens with zero attached hydrogens (tertiary/aromatic N) is 5. The molecule has 2 aliphatic rings. The van der Waals surface area contributed by atoms with E-state index in [1.807, 2.05) is 18.3 Å². The van der Waals surface area contributed by atoms with E-state index in [0.717, 1.165) is 46.2 Å². The van der Waals surface area contributed by atoms with E-state index in [1.54, 1.807) is 23.8 Å². The first-order valence-corrected chi connectivity index (χ1v) is 12.3. The Hall–Kier alpha value is -2.96. The summed E-state index contributed by atoms with van der Waals surface area (Å²) in [6.07, 6.45) is 5.20. The normalized spacial score (nSPS) is 22.7. The maximum absolute atomic E-state index is 10.2. The van der Waals surface area contributed by atoms with Gasteiger partial charge in [0.05, 0.1) is 27.6 Å². The molecule has 0 radical (unpaired) electrons. The Bertz CT molecular complexity index is 1270. The molecule has 0 amide bonds. The summed E-state index contributed by atoms with van der Waals surface area (Å²) in [4.78, 5) is 5.72. The van der Waals surface area contributed by atoms with Gasteiger partial charge in [0, 0.05) is 41.0 Å². The molecule has 10 nitrogen and oxygen atoms in total. The van der Waals surface area contributed by atoms with Gasteiger partial charge in [-0.2, -0.15) is 5.10 Å². The van der Waals surface area contributed by atoms with Gasteiger partial charge < -0.3 is 20.6 Å². The third-order valence-electron chi connectivity index (χ3n) is 6.84. The minimum Gasteiger partial charge on any atom is -0.325 e. The van der Waals surface area contributed by atoms with Crippen molar-refractivity contribution in [2.45, 2.75) is 56.3 Å². The van der Waals surface area contributed by atoms with Crippen LogP contribution in [0.4, 0.5) is 5.82 Å². The third kappa shape index (κ3) is 3.85. The van der Waals surface area contributed by atoms with Crippen LogP contribution in [0.5, 0.6) is 0 Å². The summed E-state index contributed by atoms with van der Waals surface area (Å²) in [6, 6.07) is 7.75. The molecule has 176 valence electrons. The molecular formula is C23H25N7O3S. The Kier molecular flexibility index (Phi) is 5.30. The topological polar surface area (TPSA) is 143 Å². The van der Waals surface area contributed by atoms with Crippen LogP contribution in [0, 0.1) is 0 Å². The second-order valence-corrected chi connectivity index (χ2v) is 9.90. The van der Waals surface area contributed by atoms with Crippen LogP contribution in [-0.2, 0) is 0 Å².